The summed E-state index contributed by atoms with van der Waals surface area (Å²) in [5.74, 6) is 0.270. The van der Waals surface area contributed by atoms with Gasteiger partial charge < -0.3 is 21.4 Å². The van der Waals surface area contributed by atoms with Crippen LogP contribution in [0.2, 0.25) is 0 Å². The molecule has 0 unspecified atom stereocenters. The molecular weight excluding hydrogens is 290 g/mol. The van der Waals surface area contributed by atoms with E-state index in [1.165, 1.54) is 0 Å². The highest BCUT2D eigenvalue weighted by molar-refractivity contribution is 6.02. The van der Waals surface area contributed by atoms with E-state index < -0.39 is 0 Å². The lowest BCUT2D eigenvalue weighted by molar-refractivity contribution is 0.502. The lowest BCUT2D eigenvalue weighted by Crippen LogP contribution is -2.39. The first-order chi connectivity index (χ1) is 11.2. The first kappa shape index (κ1) is 14.0. The molecule has 7 nitrogen and oxygen atoms in total. The van der Waals surface area contributed by atoms with Gasteiger partial charge in [0.1, 0.15) is 5.65 Å². The van der Waals surface area contributed by atoms with Crippen LogP contribution in [0.3, 0.4) is 0 Å². The van der Waals surface area contributed by atoms with Gasteiger partial charge in [-0.1, -0.05) is 0 Å². The molecule has 1 aliphatic heterocycles. The van der Waals surface area contributed by atoms with Gasteiger partial charge in [-0.2, -0.15) is 0 Å². The highest BCUT2D eigenvalue weighted by Gasteiger charge is 2.21. The zero-order valence-electron chi connectivity index (χ0n) is 12.7. The predicted octanol–water partition coefficient (Wildman–Crippen LogP) is 1.53. The van der Waals surface area contributed by atoms with Gasteiger partial charge in [0.05, 0.1) is 11.1 Å². The van der Waals surface area contributed by atoms with Crippen molar-refractivity contribution < 1.29 is 0 Å². The predicted molar refractivity (Wildman–Crippen MR) is 91.0 cm³/mol. The molecule has 0 spiro atoms. The van der Waals surface area contributed by atoms with Crippen molar-refractivity contribution in [1.82, 2.24) is 19.9 Å². The van der Waals surface area contributed by atoms with Crippen LogP contribution in [0.5, 0.6) is 0 Å². The van der Waals surface area contributed by atoms with E-state index in [1.807, 2.05) is 18.5 Å². The van der Waals surface area contributed by atoms with Crippen LogP contribution in [0, 0.1) is 0 Å². The largest absolute Gasteiger partial charge is 0.371 e. The fourth-order valence-electron chi connectivity index (χ4n) is 3.17. The Bertz CT molecular complexity index is 833. The minimum absolute atomic E-state index is 0.270. The average Bonchev–Trinajstić information content (AvgIpc) is 3.00. The second-order valence-corrected chi connectivity index (χ2v) is 5.88. The van der Waals surface area contributed by atoms with E-state index in [0.29, 0.717) is 6.04 Å². The summed E-state index contributed by atoms with van der Waals surface area (Å²) in [6.07, 6.45) is 7.44. The van der Waals surface area contributed by atoms with Crippen LogP contribution in [0.4, 0.5) is 11.6 Å². The zero-order valence-corrected chi connectivity index (χ0v) is 12.7. The number of aromatic nitrogens is 4. The molecule has 5 N–H and O–H groups in total. The van der Waals surface area contributed by atoms with E-state index in [0.717, 1.165) is 53.9 Å². The van der Waals surface area contributed by atoms with Crippen molar-refractivity contribution in [3.8, 4) is 11.3 Å². The van der Waals surface area contributed by atoms with Gasteiger partial charge in [0.15, 0.2) is 0 Å². The number of H-pyrrole nitrogens is 1. The minimum atomic E-state index is 0.270. The van der Waals surface area contributed by atoms with Gasteiger partial charge in [0.25, 0.3) is 0 Å². The number of piperidine rings is 1. The first-order valence-electron chi connectivity index (χ1n) is 7.78. The molecule has 4 rings (SSSR count). The molecule has 0 amide bonds. The molecule has 23 heavy (non-hydrogen) atoms. The maximum absolute atomic E-state index is 6.03. The Labute approximate surface area is 133 Å². The van der Waals surface area contributed by atoms with Gasteiger partial charge in [-0.25, -0.2) is 15.0 Å². The summed E-state index contributed by atoms with van der Waals surface area (Å²) >= 11 is 0. The Hall–Kier alpha value is -2.67. The third-order valence-corrected chi connectivity index (χ3v) is 4.38. The quantitative estimate of drug-likeness (QED) is 0.662. The monoisotopic (exact) mass is 309 g/mol. The molecule has 7 heteroatoms. The maximum Gasteiger partial charge on any atom is 0.220 e. The summed E-state index contributed by atoms with van der Waals surface area (Å²) in [6.45, 7) is 1.91. The number of rotatable bonds is 2. The van der Waals surface area contributed by atoms with Crippen LogP contribution < -0.4 is 16.4 Å². The summed E-state index contributed by atoms with van der Waals surface area (Å²) in [5.41, 5.74) is 15.6. The Morgan fingerprint density at radius 1 is 1.13 bits per heavy atom. The standard InChI is InChI=1S/C16H19N7/c17-10-3-7-23(8-4-10)13-2-6-19-15-14(13)11(9-21-15)12-1-5-20-16(18)22-12/h1-2,5-6,9-10H,3-4,7-8,17H2,(H,19,21)(H2,18,20,22). The number of hydrogen-bond donors (Lipinski definition) is 3. The molecule has 118 valence electrons. The number of fused-ring (bicyclic) bond motifs is 1. The second kappa shape index (κ2) is 5.51. The molecule has 0 aliphatic carbocycles. The van der Waals surface area contributed by atoms with Crippen LogP contribution in [0.1, 0.15) is 12.8 Å². The molecule has 1 aliphatic rings. The lowest BCUT2D eigenvalue weighted by Gasteiger charge is -2.32. The molecule has 0 aromatic carbocycles. The van der Waals surface area contributed by atoms with E-state index in [1.54, 1.807) is 6.20 Å². The summed E-state index contributed by atoms with van der Waals surface area (Å²) < 4.78 is 0. The van der Waals surface area contributed by atoms with Crippen molar-refractivity contribution in [2.24, 2.45) is 5.73 Å². The Morgan fingerprint density at radius 2 is 1.91 bits per heavy atom. The van der Waals surface area contributed by atoms with Gasteiger partial charge in [-0.3, -0.25) is 0 Å². The summed E-state index contributed by atoms with van der Waals surface area (Å²) in [5, 5.41) is 1.07. The van der Waals surface area contributed by atoms with Gasteiger partial charge >= 0.3 is 0 Å². The molecule has 0 saturated carbocycles. The summed E-state index contributed by atoms with van der Waals surface area (Å²) in [6, 6.07) is 4.22. The molecule has 0 bridgehead atoms. The number of anilines is 2. The lowest BCUT2D eigenvalue weighted by atomic mass is 10.0. The van der Waals surface area contributed by atoms with Crippen molar-refractivity contribution in [2.45, 2.75) is 18.9 Å². The average molecular weight is 309 g/mol. The van der Waals surface area contributed by atoms with E-state index in [9.17, 15) is 0 Å². The maximum atomic E-state index is 6.03. The Balaban J connectivity index is 1.84. The number of nitrogens with two attached hydrogens (primary N) is 2. The smallest absolute Gasteiger partial charge is 0.220 e. The molecule has 4 heterocycles. The van der Waals surface area contributed by atoms with Gasteiger partial charge in [0, 0.05) is 49.0 Å². The first-order valence-corrected chi connectivity index (χ1v) is 7.78. The van der Waals surface area contributed by atoms with Gasteiger partial charge in [0.2, 0.25) is 5.95 Å². The number of nitrogen functional groups attached to an aromatic ring is 1. The highest BCUT2D eigenvalue weighted by Crippen LogP contribution is 2.35. The number of pyridine rings is 1. The van der Waals surface area contributed by atoms with Gasteiger partial charge in [-0.05, 0) is 25.0 Å². The zero-order chi connectivity index (χ0) is 15.8. The van der Waals surface area contributed by atoms with Crippen LogP contribution in [-0.4, -0.2) is 39.1 Å². The van der Waals surface area contributed by atoms with E-state index in [4.69, 9.17) is 11.5 Å². The Morgan fingerprint density at radius 3 is 2.70 bits per heavy atom. The topological polar surface area (TPSA) is 110 Å². The van der Waals surface area contributed by atoms with Crippen molar-refractivity contribution >= 4 is 22.7 Å². The van der Waals surface area contributed by atoms with Crippen LogP contribution >= 0.6 is 0 Å². The minimum Gasteiger partial charge on any atom is -0.371 e. The van der Waals surface area contributed by atoms with E-state index >= 15 is 0 Å². The molecule has 3 aromatic rings. The molecular formula is C16H19N7. The molecule has 0 atom stereocenters. The van der Waals surface area contributed by atoms with E-state index in [-0.39, 0.29) is 5.95 Å². The number of nitrogens with zero attached hydrogens (tertiary/aromatic N) is 4. The van der Waals surface area contributed by atoms with E-state index in [2.05, 4.69) is 30.9 Å². The number of hydrogen-bond acceptors (Lipinski definition) is 6. The molecule has 1 fully saturated rings. The Kier molecular flexibility index (Phi) is 3.34. The van der Waals surface area contributed by atoms with Crippen LogP contribution in [0.25, 0.3) is 22.3 Å². The highest BCUT2D eigenvalue weighted by atomic mass is 15.1. The van der Waals surface area contributed by atoms with Crippen molar-refractivity contribution in [1.29, 1.82) is 0 Å². The van der Waals surface area contributed by atoms with Gasteiger partial charge in [-0.15, -0.1) is 0 Å². The summed E-state index contributed by atoms with van der Waals surface area (Å²) in [4.78, 5) is 18.4. The fourth-order valence-corrected chi connectivity index (χ4v) is 3.17. The summed E-state index contributed by atoms with van der Waals surface area (Å²) in [7, 11) is 0. The SMILES string of the molecule is Nc1nccc(-c2c[nH]c3nccc(N4CCC(N)CC4)c23)n1. The van der Waals surface area contributed by atoms with Crippen molar-refractivity contribution in [3.05, 3.63) is 30.7 Å². The van der Waals surface area contributed by atoms with Crippen molar-refractivity contribution in [3.63, 3.8) is 0 Å². The fraction of sp³-hybridized carbons (Fsp3) is 0.312. The number of aromatic amines is 1. The normalized spacial score (nSPS) is 16.1. The third-order valence-electron chi connectivity index (χ3n) is 4.38. The number of nitrogens with one attached hydrogen (secondary N) is 1. The third kappa shape index (κ3) is 2.49. The van der Waals surface area contributed by atoms with Crippen LogP contribution in [-0.2, 0) is 0 Å². The van der Waals surface area contributed by atoms with Crippen LogP contribution in [0.15, 0.2) is 30.7 Å². The van der Waals surface area contributed by atoms with Crippen molar-refractivity contribution in [2.75, 3.05) is 23.7 Å². The molecule has 3 aromatic heterocycles. The second-order valence-electron chi connectivity index (χ2n) is 5.88. The molecule has 1 saturated heterocycles. The molecule has 0 radical (unpaired) electrons.